The number of rotatable bonds is 7. The summed E-state index contributed by atoms with van der Waals surface area (Å²) in [6.07, 6.45) is 7.47. The van der Waals surface area contributed by atoms with Crippen molar-refractivity contribution in [3.63, 3.8) is 0 Å². The minimum Gasteiger partial charge on any atom is -0.394 e. The van der Waals surface area contributed by atoms with Crippen molar-refractivity contribution in [2.45, 2.75) is 57.1 Å². The summed E-state index contributed by atoms with van der Waals surface area (Å²) in [5.41, 5.74) is 0.472. The predicted octanol–water partition coefficient (Wildman–Crippen LogP) is 3.64. The van der Waals surface area contributed by atoms with Gasteiger partial charge in [0.2, 0.25) is 11.8 Å². The molecular weight excluding hydrogens is 482 g/mol. The molecule has 8 heteroatoms. The lowest BCUT2D eigenvalue weighted by Gasteiger charge is -2.30. The molecular formula is C30H35N3O5. The first-order chi connectivity index (χ1) is 18.4. The molecule has 2 saturated heterocycles. The molecule has 2 fully saturated rings. The Kier molecular flexibility index (Phi) is 7.36. The number of fused-ring (bicyclic) bond motifs is 1. The van der Waals surface area contributed by atoms with E-state index in [1.165, 1.54) is 4.90 Å². The number of nitrogens with zero attached hydrogens (tertiary/aromatic N) is 3. The molecule has 200 valence electrons. The van der Waals surface area contributed by atoms with Crippen molar-refractivity contribution >= 4 is 34.8 Å². The third kappa shape index (κ3) is 4.52. The Balaban J connectivity index is 1.46. The monoisotopic (exact) mass is 517 g/mol. The zero-order valence-corrected chi connectivity index (χ0v) is 21.8. The number of piperidine rings is 1. The molecule has 2 N–H and O–H groups in total. The van der Waals surface area contributed by atoms with Crippen molar-refractivity contribution < 1.29 is 24.6 Å². The van der Waals surface area contributed by atoms with Crippen LogP contribution in [-0.2, 0) is 20.0 Å². The third-order valence-corrected chi connectivity index (χ3v) is 8.09. The lowest BCUT2D eigenvalue weighted by Crippen LogP contribution is -2.43. The van der Waals surface area contributed by atoms with Crippen molar-refractivity contribution in [3.8, 4) is 0 Å². The predicted molar refractivity (Wildman–Crippen MR) is 145 cm³/mol. The first-order valence-corrected chi connectivity index (χ1v) is 13.5. The Morgan fingerprint density at radius 1 is 1.08 bits per heavy atom. The van der Waals surface area contributed by atoms with E-state index in [4.69, 9.17) is 0 Å². The number of amides is 3. The number of carbonyl (C=O) groups excluding carboxylic acids is 3. The molecule has 38 heavy (non-hydrogen) atoms. The molecule has 2 aromatic carbocycles. The van der Waals surface area contributed by atoms with Crippen molar-refractivity contribution in [1.82, 2.24) is 4.90 Å². The van der Waals surface area contributed by atoms with E-state index in [-0.39, 0.29) is 30.9 Å². The van der Waals surface area contributed by atoms with Gasteiger partial charge in [0.1, 0.15) is 0 Å². The highest BCUT2D eigenvalue weighted by molar-refractivity contribution is 6.12. The molecule has 3 aliphatic heterocycles. The van der Waals surface area contributed by atoms with Crippen LogP contribution in [0, 0.1) is 5.92 Å². The Morgan fingerprint density at radius 2 is 1.87 bits per heavy atom. The zero-order chi connectivity index (χ0) is 26.9. The molecule has 2 aromatic rings. The van der Waals surface area contributed by atoms with Gasteiger partial charge in [-0.3, -0.25) is 19.3 Å². The van der Waals surface area contributed by atoms with Crippen LogP contribution < -0.4 is 9.80 Å². The number of anilines is 3. The topological polar surface area (TPSA) is 101 Å². The quantitative estimate of drug-likeness (QED) is 0.546. The van der Waals surface area contributed by atoms with Gasteiger partial charge in [0.25, 0.3) is 5.91 Å². The average Bonchev–Trinajstić information content (AvgIpc) is 3.50. The first kappa shape index (κ1) is 26.1. The van der Waals surface area contributed by atoms with Gasteiger partial charge in [-0.05, 0) is 56.0 Å². The molecule has 3 heterocycles. The molecule has 3 atom stereocenters. The number of likely N-dealkylation sites (tertiary alicyclic amines) is 1. The maximum absolute atomic E-state index is 13.9. The number of benzene rings is 2. The number of hydrogen-bond acceptors (Lipinski definition) is 5. The number of aliphatic hydroxyl groups is 2. The summed E-state index contributed by atoms with van der Waals surface area (Å²) in [6.45, 7) is 2.96. The molecule has 0 spiro atoms. The summed E-state index contributed by atoms with van der Waals surface area (Å²) in [7, 11) is 0. The van der Waals surface area contributed by atoms with Gasteiger partial charge < -0.3 is 20.0 Å². The van der Waals surface area contributed by atoms with Crippen molar-refractivity contribution in [2.24, 2.45) is 5.92 Å². The summed E-state index contributed by atoms with van der Waals surface area (Å²) in [5.74, 6) is -1.15. The van der Waals surface area contributed by atoms with Crippen LogP contribution in [0.2, 0.25) is 0 Å². The van der Waals surface area contributed by atoms with Crippen LogP contribution in [0.5, 0.6) is 0 Å². The van der Waals surface area contributed by atoms with E-state index in [2.05, 4.69) is 0 Å². The standard InChI is InChI=1S/C30H35N3O5/c1-21(9-7-14-28(36)32-18-8-12-24(32)20-34)30(38)25-19-23(31-17-6-5-13-27(31)35)15-16-26(25)33(29(30)37)22-10-3-2-4-11-22/h2-4,7,9-11,15-16,19,21,24,34,38H,5-6,8,12-14,17-18,20H2,1H3/b9-7+/t21-,24+,30+/m1/s1. The molecule has 0 radical (unpaired) electrons. The molecule has 3 aliphatic rings. The number of carbonyl (C=O) groups is 3. The van der Waals surface area contributed by atoms with Crippen LogP contribution in [0.4, 0.5) is 17.1 Å². The summed E-state index contributed by atoms with van der Waals surface area (Å²) in [6, 6.07) is 14.5. The van der Waals surface area contributed by atoms with E-state index in [9.17, 15) is 24.6 Å². The van der Waals surface area contributed by atoms with Gasteiger partial charge in [-0.2, -0.15) is 0 Å². The van der Waals surface area contributed by atoms with Crippen LogP contribution in [-0.4, -0.2) is 58.6 Å². The molecule has 0 unspecified atom stereocenters. The smallest absolute Gasteiger partial charge is 0.268 e. The molecule has 0 saturated carbocycles. The van der Waals surface area contributed by atoms with E-state index in [0.29, 0.717) is 42.1 Å². The van der Waals surface area contributed by atoms with Crippen LogP contribution >= 0.6 is 0 Å². The van der Waals surface area contributed by atoms with Crippen molar-refractivity contribution in [3.05, 3.63) is 66.2 Å². The molecule has 0 bridgehead atoms. The number of para-hydroxylation sites is 1. The van der Waals surface area contributed by atoms with Gasteiger partial charge >= 0.3 is 0 Å². The maximum atomic E-state index is 13.9. The highest BCUT2D eigenvalue weighted by Crippen LogP contribution is 2.49. The van der Waals surface area contributed by atoms with Gasteiger partial charge in [-0.25, -0.2) is 0 Å². The number of hydrogen-bond donors (Lipinski definition) is 2. The second kappa shape index (κ2) is 10.7. The van der Waals surface area contributed by atoms with Crippen molar-refractivity contribution in [1.29, 1.82) is 0 Å². The number of aliphatic hydroxyl groups excluding tert-OH is 1. The largest absolute Gasteiger partial charge is 0.394 e. The minimum absolute atomic E-state index is 0.0403. The summed E-state index contributed by atoms with van der Waals surface area (Å²) in [5, 5.41) is 21.6. The molecule has 5 rings (SSSR count). The van der Waals surface area contributed by atoms with Gasteiger partial charge in [0.05, 0.1) is 18.3 Å². The highest BCUT2D eigenvalue weighted by atomic mass is 16.3. The second-order valence-corrected chi connectivity index (χ2v) is 10.4. The Morgan fingerprint density at radius 3 is 2.61 bits per heavy atom. The summed E-state index contributed by atoms with van der Waals surface area (Å²) < 4.78 is 0. The lowest BCUT2D eigenvalue weighted by molar-refractivity contribution is -0.138. The summed E-state index contributed by atoms with van der Waals surface area (Å²) >= 11 is 0. The van der Waals surface area contributed by atoms with E-state index in [1.54, 1.807) is 41.0 Å². The zero-order valence-electron chi connectivity index (χ0n) is 21.8. The minimum atomic E-state index is -1.87. The molecule has 8 nitrogen and oxygen atoms in total. The summed E-state index contributed by atoms with van der Waals surface area (Å²) in [4.78, 5) is 44.2. The fourth-order valence-electron chi connectivity index (χ4n) is 5.92. The van der Waals surface area contributed by atoms with Crippen LogP contribution in [0.3, 0.4) is 0 Å². The highest BCUT2D eigenvalue weighted by Gasteiger charge is 2.53. The SMILES string of the molecule is C[C@H](/C=C/CC(=O)N1CCC[C@H]1CO)[C@@]1(O)C(=O)N(c2ccccc2)c2ccc(N3CCCCC3=O)cc21. The van der Waals surface area contributed by atoms with E-state index in [0.717, 1.165) is 25.7 Å². The normalized spacial score (nSPS) is 24.4. The van der Waals surface area contributed by atoms with E-state index < -0.39 is 17.4 Å². The molecule has 0 aliphatic carbocycles. The van der Waals surface area contributed by atoms with Crippen molar-refractivity contribution in [2.75, 3.05) is 29.5 Å². The van der Waals surface area contributed by atoms with E-state index in [1.807, 2.05) is 36.4 Å². The third-order valence-electron chi connectivity index (χ3n) is 8.09. The van der Waals surface area contributed by atoms with E-state index >= 15 is 0 Å². The Hall–Kier alpha value is -3.49. The van der Waals surface area contributed by atoms with Gasteiger partial charge in [-0.1, -0.05) is 37.3 Å². The van der Waals surface area contributed by atoms with Gasteiger partial charge in [0, 0.05) is 48.8 Å². The molecule has 3 amide bonds. The van der Waals surface area contributed by atoms with Crippen LogP contribution in [0.15, 0.2) is 60.7 Å². The second-order valence-electron chi connectivity index (χ2n) is 10.4. The van der Waals surface area contributed by atoms with Crippen LogP contribution in [0.25, 0.3) is 0 Å². The lowest BCUT2D eigenvalue weighted by atomic mass is 9.82. The van der Waals surface area contributed by atoms with Gasteiger partial charge in [0.15, 0.2) is 5.60 Å². The maximum Gasteiger partial charge on any atom is 0.268 e. The Bertz CT molecular complexity index is 1250. The fraction of sp³-hybridized carbons (Fsp3) is 0.433. The fourth-order valence-corrected chi connectivity index (χ4v) is 5.92. The van der Waals surface area contributed by atoms with Crippen LogP contribution in [0.1, 0.15) is 51.0 Å². The Labute approximate surface area is 223 Å². The first-order valence-electron chi connectivity index (χ1n) is 13.5. The average molecular weight is 518 g/mol. The molecule has 0 aromatic heterocycles. The van der Waals surface area contributed by atoms with Gasteiger partial charge in [-0.15, -0.1) is 0 Å².